The second-order valence-electron chi connectivity index (χ2n) is 2.83. The number of aromatic amines is 1. The van der Waals surface area contributed by atoms with Crippen LogP contribution >= 0.6 is 0 Å². The Labute approximate surface area is 62.5 Å². The highest BCUT2D eigenvalue weighted by Gasteiger charge is 2.00. The van der Waals surface area contributed by atoms with E-state index in [1.165, 1.54) is 29.7 Å². The van der Waals surface area contributed by atoms with Crippen molar-refractivity contribution in [1.82, 2.24) is 4.98 Å². The van der Waals surface area contributed by atoms with Crippen molar-refractivity contribution in [2.45, 2.75) is 33.6 Å². The topological polar surface area (TPSA) is 15.8 Å². The molecule has 0 bridgehead atoms. The smallest absolute Gasteiger partial charge is 0.0179 e. The van der Waals surface area contributed by atoms with Crippen molar-refractivity contribution >= 4 is 0 Å². The van der Waals surface area contributed by atoms with E-state index in [2.05, 4.69) is 32.0 Å². The Hall–Kier alpha value is -0.720. The van der Waals surface area contributed by atoms with Crippen LogP contribution in [0.2, 0.25) is 0 Å². The Balaban J connectivity index is 2.83. The molecule has 0 aliphatic rings. The van der Waals surface area contributed by atoms with E-state index >= 15 is 0 Å². The lowest BCUT2D eigenvalue weighted by Crippen LogP contribution is -1.85. The van der Waals surface area contributed by atoms with E-state index < -0.39 is 0 Å². The zero-order chi connectivity index (χ0) is 7.56. The average Bonchev–Trinajstić information content (AvgIpc) is 2.20. The second-order valence-corrected chi connectivity index (χ2v) is 2.83. The van der Waals surface area contributed by atoms with Crippen LogP contribution in [-0.4, -0.2) is 4.98 Å². The third-order valence-corrected chi connectivity index (χ3v) is 2.01. The number of aromatic nitrogens is 1. The van der Waals surface area contributed by atoms with Gasteiger partial charge in [-0.05, 0) is 31.4 Å². The Kier molecular flexibility index (Phi) is 2.15. The van der Waals surface area contributed by atoms with E-state index in [1.807, 2.05) is 0 Å². The number of aryl methyl sites for hydroxylation is 2. The molecule has 1 aromatic heterocycles. The molecular weight excluding hydrogens is 122 g/mol. The lowest BCUT2D eigenvalue weighted by atomic mass is 10.1. The fourth-order valence-electron chi connectivity index (χ4n) is 1.16. The first-order valence-corrected chi connectivity index (χ1v) is 3.89. The van der Waals surface area contributed by atoms with Crippen molar-refractivity contribution in [3.8, 4) is 0 Å². The molecule has 56 valence electrons. The normalized spacial score (nSPS) is 10.3. The van der Waals surface area contributed by atoms with Crippen LogP contribution in [0.15, 0.2) is 6.20 Å². The Morgan fingerprint density at radius 3 is 2.50 bits per heavy atom. The van der Waals surface area contributed by atoms with Gasteiger partial charge in [0.05, 0.1) is 0 Å². The molecule has 0 saturated carbocycles. The van der Waals surface area contributed by atoms with Crippen LogP contribution in [0.25, 0.3) is 0 Å². The fourth-order valence-corrected chi connectivity index (χ4v) is 1.16. The predicted octanol–water partition coefficient (Wildman–Crippen LogP) is 2.58. The maximum Gasteiger partial charge on any atom is 0.0179 e. The van der Waals surface area contributed by atoms with Crippen LogP contribution in [0.3, 0.4) is 0 Å². The zero-order valence-corrected chi connectivity index (χ0v) is 6.99. The Morgan fingerprint density at radius 1 is 1.40 bits per heavy atom. The molecule has 0 atom stereocenters. The summed E-state index contributed by atoms with van der Waals surface area (Å²) in [6.07, 6.45) is 4.49. The number of rotatable bonds is 2. The molecular formula is C9H15N. The Bertz CT molecular complexity index is 211. The van der Waals surface area contributed by atoms with Crippen LogP contribution < -0.4 is 0 Å². The molecule has 0 fully saturated rings. The maximum absolute atomic E-state index is 3.27. The highest BCUT2D eigenvalue weighted by atomic mass is 14.7. The molecule has 0 aromatic carbocycles. The standard InChI is InChI=1S/C9H15N/c1-4-5-9-8(3)7(2)6-10-9/h6,10H,4-5H2,1-3H3. The first-order valence-electron chi connectivity index (χ1n) is 3.89. The number of H-pyrrole nitrogens is 1. The molecule has 1 rings (SSSR count). The molecule has 0 unspecified atom stereocenters. The van der Waals surface area contributed by atoms with Gasteiger partial charge in [-0.25, -0.2) is 0 Å². The van der Waals surface area contributed by atoms with Gasteiger partial charge in [-0.1, -0.05) is 13.3 Å². The summed E-state index contributed by atoms with van der Waals surface area (Å²) in [5.74, 6) is 0. The minimum absolute atomic E-state index is 1.18. The van der Waals surface area contributed by atoms with E-state index in [1.54, 1.807) is 0 Å². The lowest BCUT2D eigenvalue weighted by Gasteiger charge is -1.95. The summed E-state index contributed by atoms with van der Waals surface area (Å²) in [5.41, 5.74) is 4.21. The summed E-state index contributed by atoms with van der Waals surface area (Å²) in [4.78, 5) is 3.27. The first kappa shape index (κ1) is 7.39. The predicted molar refractivity (Wildman–Crippen MR) is 44.3 cm³/mol. The molecule has 0 radical (unpaired) electrons. The molecule has 0 amide bonds. The number of hydrogen-bond donors (Lipinski definition) is 1. The van der Waals surface area contributed by atoms with Gasteiger partial charge in [0.2, 0.25) is 0 Å². The Morgan fingerprint density at radius 2 is 2.10 bits per heavy atom. The molecule has 1 heteroatoms. The summed E-state index contributed by atoms with van der Waals surface area (Å²) in [6, 6.07) is 0. The van der Waals surface area contributed by atoms with E-state index in [0.29, 0.717) is 0 Å². The van der Waals surface area contributed by atoms with Gasteiger partial charge in [0.25, 0.3) is 0 Å². The molecule has 1 heterocycles. The zero-order valence-electron chi connectivity index (χ0n) is 6.99. The molecule has 1 N–H and O–H groups in total. The van der Waals surface area contributed by atoms with Gasteiger partial charge in [-0.3, -0.25) is 0 Å². The summed E-state index contributed by atoms with van der Waals surface area (Å²) >= 11 is 0. The van der Waals surface area contributed by atoms with Gasteiger partial charge >= 0.3 is 0 Å². The van der Waals surface area contributed by atoms with Crippen LogP contribution in [0, 0.1) is 13.8 Å². The van der Waals surface area contributed by atoms with E-state index in [4.69, 9.17) is 0 Å². The maximum atomic E-state index is 3.27. The van der Waals surface area contributed by atoms with E-state index in [-0.39, 0.29) is 0 Å². The van der Waals surface area contributed by atoms with Crippen LogP contribution in [0.1, 0.15) is 30.2 Å². The third-order valence-electron chi connectivity index (χ3n) is 2.01. The molecule has 1 nitrogen and oxygen atoms in total. The lowest BCUT2D eigenvalue weighted by molar-refractivity contribution is 0.884. The highest BCUT2D eigenvalue weighted by molar-refractivity contribution is 5.27. The summed E-state index contributed by atoms with van der Waals surface area (Å²) < 4.78 is 0. The van der Waals surface area contributed by atoms with Crippen molar-refractivity contribution < 1.29 is 0 Å². The summed E-state index contributed by atoms with van der Waals surface area (Å²) in [6.45, 7) is 6.53. The molecule has 0 aliphatic heterocycles. The highest BCUT2D eigenvalue weighted by Crippen LogP contribution is 2.12. The van der Waals surface area contributed by atoms with Gasteiger partial charge in [-0.2, -0.15) is 0 Å². The first-order chi connectivity index (χ1) is 4.75. The van der Waals surface area contributed by atoms with Gasteiger partial charge in [0.15, 0.2) is 0 Å². The fraction of sp³-hybridized carbons (Fsp3) is 0.556. The SMILES string of the molecule is CCCc1[nH]cc(C)c1C. The van der Waals surface area contributed by atoms with Crippen molar-refractivity contribution in [3.05, 3.63) is 23.0 Å². The van der Waals surface area contributed by atoms with Crippen molar-refractivity contribution in [3.63, 3.8) is 0 Å². The van der Waals surface area contributed by atoms with Gasteiger partial charge in [0, 0.05) is 11.9 Å². The largest absolute Gasteiger partial charge is 0.365 e. The molecule has 0 spiro atoms. The van der Waals surface area contributed by atoms with Crippen LogP contribution in [-0.2, 0) is 6.42 Å². The minimum Gasteiger partial charge on any atom is -0.365 e. The van der Waals surface area contributed by atoms with Gasteiger partial charge in [-0.15, -0.1) is 0 Å². The van der Waals surface area contributed by atoms with Gasteiger partial charge in [0.1, 0.15) is 0 Å². The second kappa shape index (κ2) is 2.91. The van der Waals surface area contributed by atoms with E-state index in [0.717, 1.165) is 0 Å². The summed E-state index contributed by atoms with van der Waals surface area (Å²) in [7, 11) is 0. The average molecular weight is 137 g/mol. The summed E-state index contributed by atoms with van der Waals surface area (Å²) in [5, 5.41) is 0. The van der Waals surface area contributed by atoms with Gasteiger partial charge < -0.3 is 4.98 Å². The third kappa shape index (κ3) is 1.23. The molecule has 1 aromatic rings. The number of hydrogen-bond acceptors (Lipinski definition) is 0. The quantitative estimate of drug-likeness (QED) is 0.645. The van der Waals surface area contributed by atoms with Crippen molar-refractivity contribution in [1.29, 1.82) is 0 Å². The molecule has 0 saturated heterocycles. The molecule has 10 heavy (non-hydrogen) atoms. The van der Waals surface area contributed by atoms with Crippen molar-refractivity contribution in [2.75, 3.05) is 0 Å². The minimum atomic E-state index is 1.18. The van der Waals surface area contributed by atoms with Crippen molar-refractivity contribution in [2.24, 2.45) is 0 Å². The van der Waals surface area contributed by atoms with Crippen LogP contribution in [0.5, 0.6) is 0 Å². The monoisotopic (exact) mass is 137 g/mol. The van der Waals surface area contributed by atoms with E-state index in [9.17, 15) is 0 Å². The molecule has 0 aliphatic carbocycles. The number of nitrogens with one attached hydrogen (secondary N) is 1. The van der Waals surface area contributed by atoms with Crippen LogP contribution in [0.4, 0.5) is 0 Å².